The van der Waals surface area contributed by atoms with Crippen molar-refractivity contribution in [2.24, 2.45) is 5.73 Å². The van der Waals surface area contributed by atoms with Crippen LogP contribution in [-0.2, 0) is 0 Å². The lowest BCUT2D eigenvalue weighted by Crippen LogP contribution is -2.39. The predicted octanol–water partition coefficient (Wildman–Crippen LogP) is 1.17. The van der Waals surface area contributed by atoms with Gasteiger partial charge in [0.25, 0.3) is 5.91 Å². The minimum atomic E-state index is -0.201. The minimum Gasteiger partial charge on any atom is -0.508 e. The van der Waals surface area contributed by atoms with E-state index in [1.807, 2.05) is 6.92 Å². The molecule has 88 valence electrons. The predicted molar refractivity (Wildman–Crippen MR) is 63.4 cm³/mol. The van der Waals surface area contributed by atoms with Crippen LogP contribution < -0.4 is 11.1 Å². The van der Waals surface area contributed by atoms with Gasteiger partial charge >= 0.3 is 0 Å². The Labute approximate surface area is 95.5 Å². The van der Waals surface area contributed by atoms with Gasteiger partial charge in [-0.05, 0) is 31.0 Å². The lowest BCUT2D eigenvalue weighted by molar-refractivity contribution is 0.0937. The van der Waals surface area contributed by atoms with Crippen LogP contribution in [0.5, 0.6) is 5.75 Å². The second-order valence-corrected chi connectivity index (χ2v) is 3.82. The van der Waals surface area contributed by atoms with Gasteiger partial charge in [0.05, 0.1) is 0 Å². The van der Waals surface area contributed by atoms with Crippen LogP contribution in [0.1, 0.15) is 29.3 Å². The third kappa shape index (κ3) is 2.97. The number of aryl methyl sites for hydroxylation is 1. The SMILES string of the molecule is CCC(CN)NC(=O)c1ccc(C)c(O)c1. The molecule has 1 rings (SSSR count). The zero-order valence-corrected chi connectivity index (χ0v) is 9.66. The van der Waals surface area contributed by atoms with Crippen LogP contribution in [0.4, 0.5) is 0 Å². The van der Waals surface area contributed by atoms with Crippen LogP contribution in [0.25, 0.3) is 0 Å². The Hall–Kier alpha value is -1.55. The Morgan fingerprint density at radius 2 is 2.25 bits per heavy atom. The van der Waals surface area contributed by atoms with E-state index in [4.69, 9.17) is 5.73 Å². The van der Waals surface area contributed by atoms with E-state index in [9.17, 15) is 9.90 Å². The number of carbonyl (C=O) groups is 1. The average Bonchev–Trinajstić information content (AvgIpc) is 2.29. The van der Waals surface area contributed by atoms with Crippen LogP contribution in [0, 0.1) is 6.92 Å². The normalized spacial score (nSPS) is 12.2. The molecule has 4 nitrogen and oxygen atoms in total. The van der Waals surface area contributed by atoms with E-state index in [2.05, 4.69) is 5.32 Å². The highest BCUT2D eigenvalue weighted by Gasteiger charge is 2.11. The number of benzene rings is 1. The fourth-order valence-corrected chi connectivity index (χ4v) is 1.35. The molecule has 1 atom stereocenters. The number of amides is 1. The molecule has 1 amide bonds. The maximum Gasteiger partial charge on any atom is 0.251 e. The van der Waals surface area contributed by atoms with E-state index < -0.39 is 0 Å². The Balaban J connectivity index is 2.76. The maximum absolute atomic E-state index is 11.8. The van der Waals surface area contributed by atoms with Gasteiger partial charge in [0, 0.05) is 18.2 Å². The first-order valence-electron chi connectivity index (χ1n) is 5.39. The Morgan fingerprint density at radius 3 is 2.75 bits per heavy atom. The summed E-state index contributed by atoms with van der Waals surface area (Å²) in [5.41, 5.74) is 6.71. The van der Waals surface area contributed by atoms with Crippen molar-refractivity contribution in [3.05, 3.63) is 29.3 Å². The van der Waals surface area contributed by atoms with E-state index in [0.29, 0.717) is 12.1 Å². The van der Waals surface area contributed by atoms with Crippen molar-refractivity contribution in [2.75, 3.05) is 6.54 Å². The van der Waals surface area contributed by atoms with Gasteiger partial charge in [-0.2, -0.15) is 0 Å². The number of aromatic hydroxyl groups is 1. The molecule has 4 heteroatoms. The van der Waals surface area contributed by atoms with Gasteiger partial charge in [-0.15, -0.1) is 0 Å². The van der Waals surface area contributed by atoms with Crippen molar-refractivity contribution in [3.8, 4) is 5.75 Å². The summed E-state index contributed by atoms with van der Waals surface area (Å²) in [6.07, 6.45) is 0.792. The Morgan fingerprint density at radius 1 is 1.56 bits per heavy atom. The van der Waals surface area contributed by atoms with Crippen LogP contribution >= 0.6 is 0 Å². The van der Waals surface area contributed by atoms with Crippen molar-refractivity contribution in [3.63, 3.8) is 0 Å². The molecule has 0 aliphatic rings. The lowest BCUT2D eigenvalue weighted by Gasteiger charge is -2.14. The van der Waals surface area contributed by atoms with E-state index in [-0.39, 0.29) is 17.7 Å². The van der Waals surface area contributed by atoms with Gasteiger partial charge in [-0.3, -0.25) is 4.79 Å². The summed E-state index contributed by atoms with van der Waals surface area (Å²) in [5, 5.41) is 12.3. The maximum atomic E-state index is 11.8. The van der Waals surface area contributed by atoms with Gasteiger partial charge in [-0.1, -0.05) is 13.0 Å². The van der Waals surface area contributed by atoms with Crippen LogP contribution in [0.15, 0.2) is 18.2 Å². The van der Waals surface area contributed by atoms with E-state index in [1.165, 1.54) is 6.07 Å². The fraction of sp³-hybridized carbons (Fsp3) is 0.417. The Bertz CT molecular complexity index is 373. The monoisotopic (exact) mass is 222 g/mol. The average molecular weight is 222 g/mol. The molecule has 0 spiro atoms. The minimum absolute atomic E-state index is 0.0176. The molecular weight excluding hydrogens is 204 g/mol. The van der Waals surface area contributed by atoms with Crippen molar-refractivity contribution >= 4 is 5.91 Å². The first kappa shape index (κ1) is 12.5. The molecular formula is C12H18N2O2. The molecule has 4 N–H and O–H groups in total. The van der Waals surface area contributed by atoms with Gasteiger partial charge in [0.2, 0.25) is 0 Å². The standard InChI is InChI=1S/C12H18N2O2/c1-3-10(7-13)14-12(16)9-5-4-8(2)11(15)6-9/h4-6,10,15H,3,7,13H2,1-2H3,(H,14,16). The first-order valence-corrected chi connectivity index (χ1v) is 5.39. The summed E-state index contributed by atoms with van der Waals surface area (Å²) in [5.74, 6) is -0.0685. The summed E-state index contributed by atoms with van der Waals surface area (Å²) >= 11 is 0. The van der Waals surface area contributed by atoms with E-state index in [1.54, 1.807) is 19.1 Å². The van der Waals surface area contributed by atoms with Crippen molar-refractivity contribution < 1.29 is 9.90 Å². The largest absolute Gasteiger partial charge is 0.508 e. The number of nitrogens with one attached hydrogen (secondary N) is 1. The van der Waals surface area contributed by atoms with Crippen molar-refractivity contribution in [1.29, 1.82) is 0 Å². The zero-order chi connectivity index (χ0) is 12.1. The molecule has 0 saturated carbocycles. The molecule has 1 unspecified atom stereocenters. The molecule has 0 bridgehead atoms. The number of hydrogen-bond donors (Lipinski definition) is 3. The topological polar surface area (TPSA) is 75.3 Å². The molecule has 0 aliphatic carbocycles. The number of phenolic OH excluding ortho intramolecular Hbond substituents is 1. The van der Waals surface area contributed by atoms with Crippen LogP contribution in [0.3, 0.4) is 0 Å². The molecule has 0 fully saturated rings. The molecule has 0 heterocycles. The lowest BCUT2D eigenvalue weighted by atomic mass is 10.1. The van der Waals surface area contributed by atoms with Gasteiger partial charge in [-0.25, -0.2) is 0 Å². The second-order valence-electron chi connectivity index (χ2n) is 3.82. The number of rotatable bonds is 4. The summed E-state index contributed by atoms with van der Waals surface area (Å²) in [7, 11) is 0. The molecule has 16 heavy (non-hydrogen) atoms. The molecule has 0 radical (unpaired) electrons. The van der Waals surface area contributed by atoms with Crippen molar-refractivity contribution in [1.82, 2.24) is 5.32 Å². The first-order chi connectivity index (χ1) is 7.58. The van der Waals surface area contributed by atoms with Crippen LogP contribution in [-0.4, -0.2) is 23.6 Å². The van der Waals surface area contributed by atoms with Crippen LogP contribution in [0.2, 0.25) is 0 Å². The quantitative estimate of drug-likeness (QED) is 0.715. The highest BCUT2D eigenvalue weighted by Crippen LogP contribution is 2.17. The molecule has 1 aromatic rings. The smallest absolute Gasteiger partial charge is 0.251 e. The summed E-state index contributed by atoms with van der Waals surface area (Å²) < 4.78 is 0. The molecule has 1 aromatic carbocycles. The zero-order valence-electron chi connectivity index (χ0n) is 9.66. The Kier molecular flexibility index (Phi) is 4.31. The molecule has 0 aliphatic heterocycles. The van der Waals surface area contributed by atoms with E-state index >= 15 is 0 Å². The van der Waals surface area contributed by atoms with Gasteiger partial charge in [0.1, 0.15) is 5.75 Å². The van der Waals surface area contributed by atoms with E-state index in [0.717, 1.165) is 12.0 Å². The van der Waals surface area contributed by atoms with Gasteiger partial charge in [0.15, 0.2) is 0 Å². The molecule has 0 saturated heterocycles. The number of phenols is 1. The third-order valence-corrected chi connectivity index (χ3v) is 2.58. The summed E-state index contributed by atoms with van der Waals surface area (Å²) in [4.78, 5) is 11.8. The summed E-state index contributed by atoms with van der Waals surface area (Å²) in [6.45, 7) is 4.16. The second kappa shape index (κ2) is 5.51. The number of nitrogens with two attached hydrogens (primary N) is 1. The third-order valence-electron chi connectivity index (χ3n) is 2.58. The highest BCUT2D eigenvalue weighted by atomic mass is 16.3. The fourth-order valence-electron chi connectivity index (χ4n) is 1.35. The number of hydrogen-bond acceptors (Lipinski definition) is 3. The summed E-state index contributed by atoms with van der Waals surface area (Å²) in [6, 6.07) is 4.85. The highest BCUT2D eigenvalue weighted by molar-refractivity contribution is 5.94. The van der Waals surface area contributed by atoms with Crippen molar-refractivity contribution in [2.45, 2.75) is 26.3 Å². The van der Waals surface area contributed by atoms with Gasteiger partial charge < -0.3 is 16.2 Å². The molecule has 0 aromatic heterocycles. The number of carbonyl (C=O) groups excluding carboxylic acids is 1.